The fourth-order valence-electron chi connectivity index (χ4n) is 7.39. The number of rotatable bonds is 7. The predicted molar refractivity (Wildman–Crippen MR) is 160 cm³/mol. The molecule has 3 aliphatic rings. The third kappa shape index (κ3) is 7.01. The summed E-state index contributed by atoms with van der Waals surface area (Å²) in [5.41, 5.74) is 0.228. The molecule has 0 spiro atoms. The maximum absolute atomic E-state index is 15.1. The van der Waals surface area contributed by atoms with E-state index in [4.69, 9.17) is 0 Å². The van der Waals surface area contributed by atoms with Crippen molar-refractivity contribution in [2.24, 2.45) is 11.3 Å². The van der Waals surface area contributed by atoms with Gasteiger partial charge in [-0.05, 0) is 69.9 Å². The van der Waals surface area contributed by atoms with E-state index in [2.05, 4.69) is 39.5 Å². The largest absolute Gasteiger partial charge is 0.378 e. The monoisotopic (exact) mass is 612 g/mol. The van der Waals surface area contributed by atoms with Gasteiger partial charge >= 0.3 is 0 Å². The van der Waals surface area contributed by atoms with Gasteiger partial charge in [0.25, 0.3) is 0 Å². The predicted octanol–water partition coefficient (Wildman–Crippen LogP) is 3.86. The molecule has 11 heteroatoms. The molecule has 1 saturated carbocycles. The summed E-state index contributed by atoms with van der Waals surface area (Å²) in [4.78, 5) is 18.9. The second kappa shape index (κ2) is 12.0. The van der Waals surface area contributed by atoms with Crippen molar-refractivity contribution in [3.63, 3.8) is 0 Å². The van der Waals surface area contributed by atoms with Crippen LogP contribution in [0.2, 0.25) is 0 Å². The molecule has 0 aromatic heterocycles. The molecule has 2 saturated heterocycles. The van der Waals surface area contributed by atoms with E-state index < -0.39 is 51.8 Å². The zero-order valence-electron chi connectivity index (χ0n) is 26.5. The normalized spacial score (nSPS) is 28.9. The van der Waals surface area contributed by atoms with Crippen LogP contribution in [0.5, 0.6) is 0 Å². The summed E-state index contributed by atoms with van der Waals surface area (Å²) in [5, 5.41) is 12.1. The van der Waals surface area contributed by atoms with Gasteiger partial charge in [-0.2, -0.15) is 4.31 Å². The van der Waals surface area contributed by atoms with Crippen LogP contribution in [0.15, 0.2) is 18.2 Å². The molecule has 238 valence electrons. The van der Waals surface area contributed by atoms with Crippen molar-refractivity contribution < 1.29 is 27.1 Å². The lowest BCUT2D eigenvalue weighted by Gasteiger charge is -2.41. The van der Waals surface area contributed by atoms with Crippen molar-refractivity contribution in [3.05, 3.63) is 35.4 Å². The molecule has 2 aliphatic heterocycles. The van der Waals surface area contributed by atoms with Crippen LogP contribution in [0.1, 0.15) is 78.2 Å². The molecule has 2 heterocycles. The number of likely N-dealkylation sites (tertiary alicyclic amines) is 2. The Balaban J connectivity index is 1.69. The number of hydrogen-bond donors (Lipinski definition) is 1. The Morgan fingerprint density at radius 1 is 1.07 bits per heavy atom. The first-order valence-electron chi connectivity index (χ1n) is 15.1. The summed E-state index contributed by atoms with van der Waals surface area (Å²) in [7, 11) is -0.291. The lowest BCUT2D eigenvalue weighted by atomic mass is 9.75. The van der Waals surface area contributed by atoms with Crippen molar-refractivity contribution in [1.29, 1.82) is 0 Å². The number of aliphatic hydroxyl groups excluding tert-OH is 1. The standard InChI is InChI=1S/C31H50F2N4O4S/c1-30(2,3)35-18-24(23-10-9-20(32)15-26(23)33)25(19-35)28(38)36-17-22(16-27(36)29(39)34(6)7)37(42(8,40)41)21-11-13-31(4,5)14-12-21/h9-10,15,21-22,24-25,27-28,38H,11-14,16-19H2,1-8H3/t22-,24-,25+,27-,28?/m0/s1. The molecule has 1 N–H and O–H groups in total. The minimum atomic E-state index is -3.61. The Hall–Kier alpha value is -1.66. The Bertz CT molecular complexity index is 1240. The van der Waals surface area contributed by atoms with Crippen LogP contribution in [0.25, 0.3) is 0 Å². The number of benzene rings is 1. The number of likely N-dealkylation sites (N-methyl/N-ethyl adjacent to an activating group) is 1. The van der Waals surface area contributed by atoms with Gasteiger partial charge in [-0.3, -0.25) is 14.6 Å². The number of halogens is 2. The van der Waals surface area contributed by atoms with Gasteiger partial charge in [0.15, 0.2) is 0 Å². The molecule has 0 radical (unpaired) electrons. The van der Waals surface area contributed by atoms with E-state index in [1.807, 2.05) is 0 Å². The molecule has 42 heavy (non-hydrogen) atoms. The average molecular weight is 613 g/mol. The van der Waals surface area contributed by atoms with E-state index in [1.54, 1.807) is 23.3 Å². The number of amides is 1. The van der Waals surface area contributed by atoms with Crippen LogP contribution in [-0.2, 0) is 14.8 Å². The maximum Gasteiger partial charge on any atom is 0.239 e. The van der Waals surface area contributed by atoms with Crippen LogP contribution in [0.4, 0.5) is 8.78 Å². The fourth-order valence-corrected chi connectivity index (χ4v) is 8.84. The molecule has 5 atom stereocenters. The van der Waals surface area contributed by atoms with E-state index in [0.717, 1.165) is 31.7 Å². The van der Waals surface area contributed by atoms with Crippen molar-refractivity contribution in [3.8, 4) is 0 Å². The molecular formula is C31H50F2N4O4S. The van der Waals surface area contributed by atoms with E-state index in [-0.39, 0.29) is 35.9 Å². The van der Waals surface area contributed by atoms with Crippen LogP contribution < -0.4 is 0 Å². The van der Waals surface area contributed by atoms with Gasteiger partial charge < -0.3 is 10.0 Å². The van der Waals surface area contributed by atoms with Crippen LogP contribution in [-0.4, -0.2) is 108 Å². The van der Waals surface area contributed by atoms with Gasteiger partial charge in [0, 0.05) is 69.3 Å². The van der Waals surface area contributed by atoms with Gasteiger partial charge in [0.2, 0.25) is 15.9 Å². The van der Waals surface area contributed by atoms with Gasteiger partial charge in [-0.1, -0.05) is 19.9 Å². The lowest BCUT2D eigenvalue weighted by molar-refractivity contribution is -0.139. The van der Waals surface area contributed by atoms with Crippen LogP contribution >= 0.6 is 0 Å². The second-order valence-corrected chi connectivity index (χ2v) is 16.6. The highest BCUT2D eigenvalue weighted by atomic mass is 32.2. The maximum atomic E-state index is 15.1. The Labute approximate surface area is 251 Å². The first kappa shape index (κ1) is 33.2. The zero-order valence-corrected chi connectivity index (χ0v) is 27.3. The summed E-state index contributed by atoms with van der Waals surface area (Å²) in [6, 6.07) is 2.20. The number of nitrogens with zero attached hydrogens (tertiary/aromatic N) is 4. The molecule has 1 amide bonds. The zero-order chi connectivity index (χ0) is 31.4. The Kier molecular flexibility index (Phi) is 9.52. The molecule has 1 aliphatic carbocycles. The molecule has 8 nitrogen and oxygen atoms in total. The number of carbonyl (C=O) groups excluding carboxylic acids is 1. The van der Waals surface area contributed by atoms with Crippen molar-refractivity contribution in [1.82, 2.24) is 19.0 Å². The first-order chi connectivity index (χ1) is 19.3. The van der Waals surface area contributed by atoms with Gasteiger partial charge in [-0.15, -0.1) is 0 Å². The smallest absolute Gasteiger partial charge is 0.239 e. The highest BCUT2D eigenvalue weighted by Crippen LogP contribution is 2.43. The highest BCUT2D eigenvalue weighted by molar-refractivity contribution is 7.88. The average Bonchev–Trinajstić information content (AvgIpc) is 3.49. The molecule has 1 aromatic rings. The number of carbonyl (C=O) groups is 1. The fraction of sp³-hybridized carbons (Fsp3) is 0.774. The third-order valence-corrected chi connectivity index (χ3v) is 11.2. The minimum Gasteiger partial charge on any atom is -0.378 e. The number of hydrogen-bond acceptors (Lipinski definition) is 6. The quantitative estimate of drug-likeness (QED) is 0.504. The minimum absolute atomic E-state index is 0.158. The van der Waals surface area contributed by atoms with Gasteiger partial charge in [0.05, 0.1) is 12.3 Å². The summed E-state index contributed by atoms with van der Waals surface area (Å²) in [6.45, 7) is 11.7. The third-order valence-electron chi connectivity index (χ3n) is 9.85. The van der Waals surface area contributed by atoms with Crippen LogP contribution in [0.3, 0.4) is 0 Å². The van der Waals surface area contributed by atoms with Gasteiger partial charge in [0.1, 0.15) is 17.9 Å². The number of aliphatic hydroxyl groups is 1. The SMILES string of the molecule is CN(C)C(=O)[C@@H]1C[C@H](N(C2CCC(C)(C)CC2)S(C)(=O)=O)CN1C(O)[C@@H]1CN(C(C)(C)C)C[C@H]1c1ccc(F)cc1F. The lowest BCUT2D eigenvalue weighted by Crippen LogP contribution is -2.52. The van der Waals surface area contributed by atoms with Crippen molar-refractivity contribution in [2.75, 3.05) is 40.0 Å². The first-order valence-corrected chi connectivity index (χ1v) is 17.0. The van der Waals surface area contributed by atoms with E-state index >= 15 is 4.39 Å². The van der Waals surface area contributed by atoms with E-state index in [9.17, 15) is 22.7 Å². The molecule has 4 rings (SSSR count). The van der Waals surface area contributed by atoms with Crippen molar-refractivity contribution in [2.45, 2.75) is 103 Å². The summed E-state index contributed by atoms with van der Waals surface area (Å²) < 4.78 is 57.1. The summed E-state index contributed by atoms with van der Waals surface area (Å²) in [6.07, 6.45) is 3.70. The molecule has 1 unspecified atom stereocenters. The molecule has 1 aromatic carbocycles. The highest BCUT2D eigenvalue weighted by Gasteiger charge is 2.51. The number of sulfonamides is 1. The molecule has 0 bridgehead atoms. The molecular weight excluding hydrogens is 562 g/mol. The molecule has 3 fully saturated rings. The van der Waals surface area contributed by atoms with Gasteiger partial charge in [-0.25, -0.2) is 17.2 Å². The van der Waals surface area contributed by atoms with Crippen LogP contribution in [0, 0.1) is 23.0 Å². The Morgan fingerprint density at radius 2 is 1.69 bits per heavy atom. The summed E-state index contributed by atoms with van der Waals surface area (Å²) >= 11 is 0. The van der Waals surface area contributed by atoms with E-state index in [0.29, 0.717) is 18.7 Å². The Morgan fingerprint density at radius 3 is 2.21 bits per heavy atom. The topological polar surface area (TPSA) is 84.4 Å². The van der Waals surface area contributed by atoms with Crippen molar-refractivity contribution >= 4 is 15.9 Å². The van der Waals surface area contributed by atoms with E-state index in [1.165, 1.54) is 23.3 Å². The second-order valence-electron chi connectivity index (χ2n) is 14.7. The summed E-state index contributed by atoms with van der Waals surface area (Å²) in [5.74, 6) is -2.45.